The topological polar surface area (TPSA) is 82.6 Å². The number of carbonyl (C=O) groups excluding carboxylic acids is 2. The van der Waals surface area contributed by atoms with Crippen LogP contribution >= 0.6 is 11.3 Å². The molecule has 2 saturated heterocycles. The zero-order chi connectivity index (χ0) is 14.1. The molecule has 0 N–H and O–H groups in total. The van der Waals surface area contributed by atoms with Gasteiger partial charge in [0.15, 0.2) is 0 Å². The van der Waals surface area contributed by atoms with E-state index < -0.39 is 5.97 Å². The molecule has 21 heavy (non-hydrogen) atoms. The number of carboxylic acid groups (broad SMARTS) is 1. The van der Waals surface area contributed by atoms with E-state index >= 15 is 0 Å². The van der Waals surface area contributed by atoms with Gasteiger partial charge in [-0.15, -0.1) is 11.3 Å². The Morgan fingerprint density at radius 2 is 2.00 bits per heavy atom. The van der Waals surface area contributed by atoms with Crippen molar-refractivity contribution in [3.05, 3.63) is 16.1 Å². The summed E-state index contributed by atoms with van der Waals surface area (Å²) in [5, 5.41) is 12.5. The van der Waals surface area contributed by atoms with E-state index in [1.54, 1.807) is 5.38 Å². The quantitative estimate of drug-likeness (QED) is 0.551. The number of aromatic nitrogens is 1. The summed E-state index contributed by atoms with van der Waals surface area (Å²) in [5.74, 6) is -0.765. The zero-order valence-corrected chi connectivity index (χ0v) is 12.7. The van der Waals surface area contributed by atoms with Crippen molar-refractivity contribution in [2.75, 3.05) is 26.3 Å². The van der Waals surface area contributed by atoms with Gasteiger partial charge in [0.05, 0.1) is 24.8 Å². The van der Waals surface area contributed by atoms with Crippen LogP contribution in [0.1, 0.15) is 34.3 Å². The Kier molecular flexibility index (Phi) is 5.44. The van der Waals surface area contributed by atoms with Crippen molar-refractivity contribution in [1.29, 1.82) is 0 Å². The van der Waals surface area contributed by atoms with E-state index in [4.69, 9.17) is 4.74 Å². The van der Waals surface area contributed by atoms with Crippen molar-refractivity contribution in [3.63, 3.8) is 0 Å². The van der Waals surface area contributed by atoms with E-state index in [0.29, 0.717) is 26.3 Å². The Morgan fingerprint density at radius 3 is 2.48 bits per heavy atom. The smallest absolute Gasteiger partial charge is 0.542 e. The number of nitrogens with zero attached hydrogens (tertiary/aromatic N) is 2. The van der Waals surface area contributed by atoms with E-state index in [1.807, 2.05) is 4.90 Å². The molecule has 0 radical (unpaired) electrons. The second-order valence-electron chi connectivity index (χ2n) is 5.20. The van der Waals surface area contributed by atoms with Crippen molar-refractivity contribution >= 4 is 23.2 Å². The largest absolute Gasteiger partial charge is 1.00 e. The van der Waals surface area contributed by atoms with Gasteiger partial charge in [-0.05, 0) is 12.8 Å². The normalized spacial score (nSPS) is 19.7. The minimum Gasteiger partial charge on any atom is -0.542 e. The first-order chi connectivity index (χ1) is 9.65. The van der Waals surface area contributed by atoms with Crippen LogP contribution in [0.5, 0.6) is 0 Å². The number of rotatable bonds is 3. The summed E-state index contributed by atoms with van der Waals surface area (Å²) in [7, 11) is 0. The summed E-state index contributed by atoms with van der Waals surface area (Å²) in [6.07, 6.45) is 1.66. The SMILES string of the molecule is O=C([O-])c1nc(C2CCN(C(=O)C3COC3)CC2)cs1.[Li+]. The van der Waals surface area contributed by atoms with Crippen LogP contribution in [0, 0.1) is 5.92 Å². The number of carboxylic acids is 1. The maximum atomic E-state index is 12.1. The molecule has 0 spiro atoms. The molecule has 3 heterocycles. The van der Waals surface area contributed by atoms with Gasteiger partial charge in [-0.3, -0.25) is 4.79 Å². The maximum absolute atomic E-state index is 12.1. The first kappa shape index (κ1) is 16.5. The number of ether oxygens (including phenoxy) is 1. The van der Waals surface area contributed by atoms with Gasteiger partial charge in [-0.1, -0.05) is 0 Å². The molecule has 108 valence electrons. The van der Waals surface area contributed by atoms with Gasteiger partial charge in [-0.2, -0.15) is 0 Å². The van der Waals surface area contributed by atoms with Crippen LogP contribution in [0.2, 0.25) is 0 Å². The molecule has 1 amide bonds. The summed E-state index contributed by atoms with van der Waals surface area (Å²) in [4.78, 5) is 28.8. The number of hydrogen-bond acceptors (Lipinski definition) is 6. The van der Waals surface area contributed by atoms with Gasteiger partial charge in [0.1, 0.15) is 11.0 Å². The molecular weight excluding hydrogens is 287 g/mol. The number of aromatic carboxylic acids is 1. The fourth-order valence-corrected chi connectivity index (χ4v) is 3.33. The van der Waals surface area contributed by atoms with Gasteiger partial charge in [0, 0.05) is 24.4 Å². The molecule has 0 aliphatic carbocycles. The monoisotopic (exact) mass is 302 g/mol. The minimum atomic E-state index is -1.22. The third-order valence-electron chi connectivity index (χ3n) is 3.91. The summed E-state index contributed by atoms with van der Waals surface area (Å²) in [6, 6.07) is 0. The Labute approximate surface area is 138 Å². The molecule has 2 aliphatic heterocycles. The van der Waals surface area contributed by atoms with Gasteiger partial charge in [0.25, 0.3) is 0 Å². The molecule has 2 aliphatic rings. The Morgan fingerprint density at radius 1 is 1.33 bits per heavy atom. The fraction of sp³-hybridized carbons (Fsp3) is 0.615. The maximum Gasteiger partial charge on any atom is 1.00 e. The molecule has 0 atom stereocenters. The molecule has 2 fully saturated rings. The molecular formula is C13H15LiN2O4S. The van der Waals surface area contributed by atoms with E-state index in [-0.39, 0.29) is 41.6 Å². The van der Waals surface area contributed by atoms with Crippen molar-refractivity contribution < 1.29 is 38.3 Å². The number of likely N-dealkylation sites (tertiary alicyclic amines) is 1. The van der Waals surface area contributed by atoms with Crippen molar-refractivity contribution in [2.24, 2.45) is 5.92 Å². The van der Waals surface area contributed by atoms with Crippen LogP contribution in [-0.4, -0.2) is 48.1 Å². The van der Waals surface area contributed by atoms with Crippen LogP contribution in [-0.2, 0) is 9.53 Å². The molecule has 8 heteroatoms. The zero-order valence-electron chi connectivity index (χ0n) is 11.9. The van der Waals surface area contributed by atoms with E-state index in [2.05, 4.69) is 4.98 Å². The molecule has 1 aromatic heterocycles. The van der Waals surface area contributed by atoms with Crippen molar-refractivity contribution in [2.45, 2.75) is 18.8 Å². The minimum absolute atomic E-state index is 0. The molecule has 0 aromatic carbocycles. The molecule has 3 rings (SSSR count). The first-order valence-electron chi connectivity index (χ1n) is 6.68. The Hall–Kier alpha value is -0.873. The first-order valence-corrected chi connectivity index (χ1v) is 7.56. The van der Waals surface area contributed by atoms with Gasteiger partial charge in [0.2, 0.25) is 5.91 Å². The van der Waals surface area contributed by atoms with Crippen molar-refractivity contribution in [3.8, 4) is 0 Å². The summed E-state index contributed by atoms with van der Waals surface area (Å²) in [5.41, 5.74) is 0.813. The third kappa shape index (κ3) is 3.48. The van der Waals surface area contributed by atoms with Crippen LogP contribution in [0.3, 0.4) is 0 Å². The predicted octanol–water partition coefficient (Wildman–Crippen LogP) is -3.14. The number of amides is 1. The standard InChI is InChI=1S/C13H16N2O4S.Li/c16-12(9-5-19-6-9)15-3-1-8(2-4-15)10-7-20-11(14-10)13(17)18;/h7-9H,1-6H2,(H,17,18);/q;+1/p-1. The van der Waals surface area contributed by atoms with Crippen LogP contribution < -0.4 is 24.0 Å². The van der Waals surface area contributed by atoms with E-state index in [9.17, 15) is 14.7 Å². The third-order valence-corrected chi connectivity index (χ3v) is 4.75. The van der Waals surface area contributed by atoms with E-state index in [0.717, 1.165) is 29.9 Å². The number of hydrogen-bond donors (Lipinski definition) is 0. The summed E-state index contributed by atoms with van der Waals surface area (Å²) in [6.45, 7) is 2.50. The van der Waals surface area contributed by atoms with Crippen LogP contribution in [0.15, 0.2) is 5.38 Å². The predicted molar refractivity (Wildman–Crippen MR) is 69.3 cm³/mol. The molecule has 1 aromatic rings. The molecule has 6 nitrogen and oxygen atoms in total. The van der Waals surface area contributed by atoms with Crippen LogP contribution in [0.4, 0.5) is 0 Å². The average molecular weight is 302 g/mol. The average Bonchev–Trinajstić information content (AvgIpc) is 2.86. The molecule has 0 unspecified atom stereocenters. The van der Waals surface area contributed by atoms with Crippen molar-refractivity contribution in [1.82, 2.24) is 9.88 Å². The fourth-order valence-electron chi connectivity index (χ4n) is 2.60. The summed E-state index contributed by atoms with van der Waals surface area (Å²) < 4.78 is 5.04. The molecule has 0 bridgehead atoms. The number of thiazole rings is 1. The van der Waals surface area contributed by atoms with Crippen LogP contribution in [0.25, 0.3) is 0 Å². The number of piperidine rings is 1. The molecule has 0 saturated carbocycles. The van der Waals surface area contributed by atoms with Gasteiger partial charge < -0.3 is 19.5 Å². The van der Waals surface area contributed by atoms with Gasteiger partial charge in [-0.25, -0.2) is 4.98 Å². The van der Waals surface area contributed by atoms with Gasteiger partial charge >= 0.3 is 18.9 Å². The Balaban J connectivity index is 0.00000161. The Bertz CT molecular complexity index is 524. The second-order valence-corrected chi connectivity index (χ2v) is 6.06. The number of carbonyl (C=O) groups is 2. The van der Waals surface area contributed by atoms with E-state index in [1.165, 1.54) is 0 Å². The summed E-state index contributed by atoms with van der Waals surface area (Å²) >= 11 is 1.11. The second kappa shape index (κ2) is 6.92.